The van der Waals surface area contributed by atoms with Gasteiger partial charge in [-0.1, -0.05) is 6.07 Å². The van der Waals surface area contributed by atoms with E-state index in [1.54, 1.807) is 7.11 Å². The maximum atomic E-state index is 5.76. The van der Waals surface area contributed by atoms with Gasteiger partial charge in [0, 0.05) is 23.7 Å². The second-order valence-corrected chi connectivity index (χ2v) is 7.15. The highest BCUT2D eigenvalue weighted by Gasteiger charge is 2.30. The van der Waals surface area contributed by atoms with Crippen LogP contribution in [0.5, 0.6) is 5.75 Å². The van der Waals surface area contributed by atoms with Gasteiger partial charge in [-0.2, -0.15) is 11.8 Å². The Bertz CT molecular complexity index is 474. The van der Waals surface area contributed by atoms with Gasteiger partial charge >= 0.3 is 0 Å². The zero-order valence-corrected chi connectivity index (χ0v) is 13.7. The van der Waals surface area contributed by atoms with Crippen molar-refractivity contribution in [3.63, 3.8) is 0 Å². The van der Waals surface area contributed by atoms with Crippen LogP contribution in [0.3, 0.4) is 0 Å². The van der Waals surface area contributed by atoms with E-state index in [2.05, 4.69) is 42.3 Å². The molecule has 1 aliphatic carbocycles. The number of hydrogen-bond donors (Lipinski definition) is 1. The lowest BCUT2D eigenvalue weighted by Crippen LogP contribution is -2.33. The highest BCUT2D eigenvalue weighted by Crippen LogP contribution is 2.39. The minimum absolute atomic E-state index is 0.412. The highest BCUT2D eigenvalue weighted by atomic mass is 32.2. The quantitative estimate of drug-likeness (QED) is 0.905. The second-order valence-electron chi connectivity index (χ2n) is 5.88. The minimum Gasteiger partial charge on any atom is -0.497 e. The van der Waals surface area contributed by atoms with Crippen LogP contribution in [-0.2, 0) is 11.2 Å². The summed E-state index contributed by atoms with van der Waals surface area (Å²) in [5.74, 6) is 2.08. The van der Waals surface area contributed by atoms with Gasteiger partial charge in [0.05, 0.1) is 13.2 Å². The summed E-state index contributed by atoms with van der Waals surface area (Å²) < 4.78 is 11.2. The van der Waals surface area contributed by atoms with Crippen LogP contribution in [0, 0.1) is 0 Å². The molecule has 3 atom stereocenters. The van der Waals surface area contributed by atoms with Crippen LogP contribution in [-0.4, -0.2) is 37.9 Å². The zero-order chi connectivity index (χ0) is 14.7. The normalized spacial score (nSPS) is 28.4. The Kier molecular flexibility index (Phi) is 5.09. The molecule has 0 saturated carbocycles. The van der Waals surface area contributed by atoms with Crippen molar-refractivity contribution in [1.29, 1.82) is 0 Å². The molecule has 1 aliphatic heterocycles. The first-order chi connectivity index (χ1) is 10.3. The van der Waals surface area contributed by atoms with E-state index in [-0.39, 0.29) is 0 Å². The summed E-state index contributed by atoms with van der Waals surface area (Å²) >= 11 is 2.08. The van der Waals surface area contributed by atoms with Gasteiger partial charge in [-0.15, -0.1) is 0 Å². The molecule has 2 aliphatic rings. The van der Waals surface area contributed by atoms with Crippen LogP contribution in [0.4, 0.5) is 0 Å². The van der Waals surface area contributed by atoms with Crippen molar-refractivity contribution >= 4 is 11.8 Å². The van der Waals surface area contributed by atoms with Gasteiger partial charge < -0.3 is 14.8 Å². The van der Waals surface area contributed by atoms with Gasteiger partial charge in [-0.3, -0.25) is 0 Å². The smallest absolute Gasteiger partial charge is 0.119 e. The predicted molar refractivity (Wildman–Crippen MR) is 88.3 cm³/mol. The number of nitrogens with one attached hydrogen (secondary N) is 1. The van der Waals surface area contributed by atoms with Gasteiger partial charge in [0.25, 0.3) is 0 Å². The van der Waals surface area contributed by atoms with Gasteiger partial charge in [0.2, 0.25) is 0 Å². The number of thioether (sulfide) groups is 1. The SMILES string of the molecule is CNC1c2cc(OC)ccc2CCC1SCC1CCCO1. The number of benzene rings is 1. The van der Waals surface area contributed by atoms with Gasteiger partial charge in [-0.05, 0) is 56.0 Å². The third-order valence-electron chi connectivity index (χ3n) is 4.59. The van der Waals surface area contributed by atoms with E-state index in [9.17, 15) is 0 Å². The number of rotatable bonds is 5. The van der Waals surface area contributed by atoms with Crippen molar-refractivity contribution in [2.24, 2.45) is 0 Å². The number of aryl methyl sites for hydroxylation is 1. The highest BCUT2D eigenvalue weighted by molar-refractivity contribution is 8.00. The van der Waals surface area contributed by atoms with Crippen LogP contribution in [0.15, 0.2) is 18.2 Å². The summed E-state index contributed by atoms with van der Waals surface area (Å²) in [6.45, 7) is 0.950. The molecule has 1 aromatic carbocycles. The summed E-state index contributed by atoms with van der Waals surface area (Å²) in [7, 11) is 3.81. The third-order valence-corrected chi connectivity index (χ3v) is 6.09. The van der Waals surface area contributed by atoms with E-state index in [1.807, 2.05) is 0 Å². The molecule has 1 N–H and O–H groups in total. The molecule has 3 unspecified atom stereocenters. The minimum atomic E-state index is 0.412. The molecule has 21 heavy (non-hydrogen) atoms. The maximum absolute atomic E-state index is 5.76. The Labute approximate surface area is 131 Å². The molecular weight excluding hydrogens is 282 g/mol. The van der Waals surface area contributed by atoms with E-state index in [0.29, 0.717) is 17.4 Å². The molecule has 0 bridgehead atoms. The van der Waals surface area contributed by atoms with Crippen molar-refractivity contribution in [3.05, 3.63) is 29.3 Å². The van der Waals surface area contributed by atoms with Gasteiger partial charge in [0.15, 0.2) is 0 Å². The third kappa shape index (κ3) is 3.38. The molecule has 0 aromatic heterocycles. The first-order valence-electron chi connectivity index (χ1n) is 7.89. The van der Waals surface area contributed by atoms with Crippen molar-refractivity contribution in [1.82, 2.24) is 5.32 Å². The van der Waals surface area contributed by atoms with Crippen LogP contribution < -0.4 is 10.1 Å². The van der Waals surface area contributed by atoms with Gasteiger partial charge in [-0.25, -0.2) is 0 Å². The van der Waals surface area contributed by atoms with Crippen molar-refractivity contribution in [2.45, 2.75) is 43.1 Å². The largest absolute Gasteiger partial charge is 0.497 e. The fourth-order valence-electron chi connectivity index (χ4n) is 3.41. The van der Waals surface area contributed by atoms with E-state index < -0.39 is 0 Å². The monoisotopic (exact) mass is 307 g/mol. The predicted octanol–water partition coefficient (Wildman–Crippen LogP) is 3.18. The Morgan fingerprint density at radius 1 is 1.38 bits per heavy atom. The lowest BCUT2D eigenvalue weighted by atomic mass is 9.87. The second kappa shape index (κ2) is 7.03. The average Bonchev–Trinajstić information content (AvgIpc) is 3.05. The Morgan fingerprint density at radius 3 is 3.00 bits per heavy atom. The Balaban J connectivity index is 1.70. The summed E-state index contributed by atoms with van der Waals surface area (Å²) in [6, 6.07) is 6.91. The molecule has 1 heterocycles. The fraction of sp³-hybridized carbons (Fsp3) is 0.647. The Morgan fingerprint density at radius 2 is 2.29 bits per heavy atom. The van der Waals surface area contributed by atoms with Crippen LogP contribution in [0.2, 0.25) is 0 Å². The maximum Gasteiger partial charge on any atom is 0.119 e. The molecule has 0 spiro atoms. The summed E-state index contributed by atoms with van der Waals surface area (Å²) in [5, 5.41) is 4.14. The molecule has 1 aromatic rings. The first-order valence-corrected chi connectivity index (χ1v) is 8.94. The number of ether oxygens (including phenoxy) is 2. The van der Waals surface area contributed by atoms with Crippen LogP contribution >= 0.6 is 11.8 Å². The Hall–Kier alpha value is -0.710. The van der Waals surface area contributed by atoms with Gasteiger partial charge in [0.1, 0.15) is 5.75 Å². The van der Waals surface area contributed by atoms with Crippen molar-refractivity contribution < 1.29 is 9.47 Å². The summed E-state index contributed by atoms with van der Waals surface area (Å²) in [6.07, 6.45) is 5.34. The molecule has 1 fully saturated rings. The summed E-state index contributed by atoms with van der Waals surface area (Å²) in [4.78, 5) is 0. The molecule has 0 radical (unpaired) electrons. The number of methoxy groups -OCH3 is 1. The number of fused-ring (bicyclic) bond motifs is 1. The average molecular weight is 307 g/mol. The number of hydrogen-bond acceptors (Lipinski definition) is 4. The molecule has 116 valence electrons. The molecule has 3 nitrogen and oxygen atoms in total. The molecule has 3 rings (SSSR count). The van der Waals surface area contributed by atoms with Crippen molar-refractivity contribution in [2.75, 3.05) is 26.5 Å². The topological polar surface area (TPSA) is 30.5 Å². The molecule has 4 heteroatoms. The van der Waals surface area contributed by atoms with Crippen LogP contribution in [0.1, 0.15) is 36.4 Å². The lowest BCUT2D eigenvalue weighted by molar-refractivity contribution is 0.128. The summed E-state index contributed by atoms with van der Waals surface area (Å²) in [5.41, 5.74) is 2.87. The zero-order valence-electron chi connectivity index (χ0n) is 12.9. The first kappa shape index (κ1) is 15.2. The molecule has 1 saturated heterocycles. The lowest BCUT2D eigenvalue weighted by Gasteiger charge is -2.34. The standard InChI is InChI=1S/C17H25NO2S/c1-18-17-15-10-13(19-2)7-5-12(15)6-8-16(17)21-11-14-4-3-9-20-14/h5,7,10,14,16-18H,3-4,6,8-9,11H2,1-2H3. The molecular formula is C17H25NO2S. The molecule has 0 amide bonds. The van der Waals surface area contributed by atoms with E-state index in [4.69, 9.17) is 9.47 Å². The van der Waals surface area contributed by atoms with E-state index in [0.717, 1.165) is 18.1 Å². The van der Waals surface area contributed by atoms with Crippen molar-refractivity contribution in [3.8, 4) is 5.75 Å². The van der Waals surface area contributed by atoms with Crippen LogP contribution in [0.25, 0.3) is 0 Å². The van der Waals surface area contributed by atoms with E-state index >= 15 is 0 Å². The fourth-order valence-corrected chi connectivity index (χ4v) is 4.89. The van der Waals surface area contributed by atoms with E-state index in [1.165, 1.54) is 36.8 Å².